The molecule has 2 amide bonds. The number of carboxylic acids is 1. The molecule has 2 rings (SSSR count). The maximum absolute atomic E-state index is 11.8. The van der Waals surface area contributed by atoms with Gasteiger partial charge in [0.25, 0.3) is 11.8 Å². The standard InChI is InChI=1S/C13H9Cl2NO4/c14-9-10(15)12(18)16(11(9)17)8(13(19)20)6-7-4-2-1-3-5-7/h1-5,8H,6H2,(H,19,20)/t8-/m0/s1. The van der Waals surface area contributed by atoms with Gasteiger partial charge in [-0.1, -0.05) is 53.5 Å². The van der Waals surface area contributed by atoms with Crippen molar-refractivity contribution in [3.8, 4) is 0 Å². The van der Waals surface area contributed by atoms with Crippen LogP contribution in [0.15, 0.2) is 40.4 Å². The third-order valence-corrected chi connectivity index (χ3v) is 3.67. The molecule has 0 bridgehead atoms. The molecule has 7 heteroatoms. The van der Waals surface area contributed by atoms with Crippen LogP contribution in [-0.2, 0) is 20.8 Å². The summed E-state index contributed by atoms with van der Waals surface area (Å²) in [4.78, 5) is 35.6. The maximum atomic E-state index is 11.8. The van der Waals surface area contributed by atoms with Crippen LogP contribution < -0.4 is 0 Å². The lowest BCUT2D eigenvalue weighted by Crippen LogP contribution is -2.46. The number of benzene rings is 1. The number of carboxylic acid groups (broad SMARTS) is 1. The van der Waals surface area contributed by atoms with Crippen LogP contribution in [0, 0.1) is 0 Å². The second-order valence-corrected chi connectivity index (χ2v) is 4.91. The Morgan fingerprint density at radius 2 is 1.60 bits per heavy atom. The minimum atomic E-state index is -1.35. The Morgan fingerprint density at radius 1 is 1.10 bits per heavy atom. The Labute approximate surface area is 124 Å². The van der Waals surface area contributed by atoms with Crippen LogP contribution in [0.5, 0.6) is 0 Å². The molecule has 0 radical (unpaired) electrons. The molecule has 0 saturated heterocycles. The van der Waals surface area contributed by atoms with E-state index in [1.165, 1.54) is 0 Å². The number of carbonyl (C=O) groups excluding carboxylic acids is 2. The molecule has 0 fully saturated rings. The van der Waals surface area contributed by atoms with Crippen molar-refractivity contribution in [1.29, 1.82) is 0 Å². The molecule has 1 aromatic carbocycles. The van der Waals surface area contributed by atoms with E-state index in [4.69, 9.17) is 23.2 Å². The second kappa shape index (κ2) is 5.64. The number of aliphatic carboxylic acids is 1. The topological polar surface area (TPSA) is 74.7 Å². The van der Waals surface area contributed by atoms with Gasteiger partial charge in [-0.15, -0.1) is 0 Å². The molecule has 1 N–H and O–H groups in total. The van der Waals surface area contributed by atoms with Gasteiger partial charge in [0.15, 0.2) is 0 Å². The van der Waals surface area contributed by atoms with E-state index in [0.717, 1.165) is 0 Å². The van der Waals surface area contributed by atoms with E-state index in [0.29, 0.717) is 10.5 Å². The van der Waals surface area contributed by atoms with Crippen molar-refractivity contribution in [1.82, 2.24) is 4.90 Å². The van der Waals surface area contributed by atoms with E-state index in [9.17, 15) is 19.5 Å². The first kappa shape index (κ1) is 14.6. The predicted molar refractivity (Wildman–Crippen MR) is 72.2 cm³/mol. The van der Waals surface area contributed by atoms with Gasteiger partial charge in [-0.2, -0.15) is 0 Å². The monoisotopic (exact) mass is 313 g/mol. The van der Waals surface area contributed by atoms with Crippen molar-refractivity contribution in [2.45, 2.75) is 12.5 Å². The summed E-state index contributed by atoms with van der Waals surface area (Å²) in [7, 11) is 0. The molecule has 0 spiro atoms. The van der Waals surface area contributed by atoms with E-state index in [1.54, 1.807) is 30.3 Å². The van der Waals surface area contributed by atoms with Gasteiger partial charge in [0.05, 0.1) is 0 Å². The fraction of sp³-hybridized carbons (Fsp3) is 0.154. The van der Waals surface area contributed by atoms with Gasteiger partial charge in [0, 0.05) is 6.42 Å². The van der Waals surface area contributed by atoms with Gasteiger partial charge < -0.3 is 5.11 Å². The molecule has 0 aromatic heterocycles. The quantitative estimate of drug-likeness (QED) is 0.859. The van der Waals surface area contributed by atoms with Crippen molar-refractivity contribution < 1.29 is 19.5 Å². The average Bonchev–Trinajstić information content (AvgIpc) is 2.62. The molecule has 0 unspecified atom stereocenters. The van der Waals surface area contributed by atoms with Gasteiger partial charge in [-0.05, 0) is 5.56 Å². The van der Waals surface area contributed by atoms with Crippen LogP contribution in [0.1, 0.15) is 5.56 Å². The minimum absolute atomic E-state index is 0.0119. The number of rotatable bonds is 4. The normalized spacial score (nSPS) is 16.8. The Bertz CT molecular complexity index is 588. The van der Waals surface area contributed by atoms with E-state index in [-0.39, 0.29) is 6.42 Å². The first-order valence-corrected chi connectivity index (χ1v) is 6.39. The minimum Gasteiger partial charge on any atom is -0.480 e. The number of halogens is 2. The van der Waals surface area contributed by atoms with Crippen molar-refractivity contribution in [2.75, 3.05) is 0 Å². The Hall–Kier alpha value is -1.85. The molecule has 1 atom stereocenters. The molecule has 104 valence electrons. The average molecular weight is 314 g/mol. The van der Waals surface area contributed by atoms with E-state index < -0.39 is 33.9 Å². The van der Waals surface area contributed by atoms with Crippen LogP contribution in [0.2, 0.25) is 0 Å². The van der Waals surface area contributed by atoms with E-state index >= 15 is 0 Å². The Morgan fingerprint density at radius 3 is 2.05 bits per heavy atom. The summed E-state index contributed by atoms with van der Waals surface area (Å²) in [6.07, 6.45) is -0.0119. The van der Waals surface area contributed by atoms with Crippen molar-refractivity contribution in [3.63, 3.8) is 0 Å². The second-order valence-electron chi connectivity index (χ2n) is 4.15. The van der Waals surface area contributed by atoms with Crippen LogP contribution in [0.4, 0.5) is 0 Å². The summed E-state index contributed by atoms with van der Waals surface area (Å²) < 4.78 is 0. The Kier molecular flexibility index (Phi) is 4.11. The maximum Gasteiger partial charge on any atom is 0.327 e. The summed E-state index contributed by atoms with van der Waals surface area (Å²) in [5, 5.41) is 8.36. The molecule has 1 aliphatic heterocycles. The highest BCUT2D eigenvalue weighted by Crippen LogP contribution is 2.29. The number of imide groups is 1. The molecular weight excluding hydrogens is 305 g/mol. The fourth-order valence-corrected chi connectivity index (χ4v) is 2.24. The third-order valence-electron chi connectivity index (χ3n) is 2.87. The first-order valence-electron chi connectivity index (χ1n) is 5.63. The molecule has 1 aliphatic rings. The summed E-state index contributed by atoms with van der Waals surface area (Å²) in [5.41, 5.74) is 0.680. The lowest BCUT2D eigenvalue weighted by Gasteiger charge is -2.22. The first-order chi connectivity index (χ1) is 9.43. The zero-order chi connectivity index (χ0) is 14.9. The highest BCUT2D eigenvalue weighted by molar-refractivity contribution is 6.58. The number of amides is 2. The number of hydrogen-bond donors (Lipinski definition) is 1. The lowest BCUT2D eigenvalue weighted by atomic mass is 10.0. The van der Waals surface area contributed by atoms with Crippen molar-refractivity contribution in [3.05, 3.63) is 46.0 Å². The number of carbonyl (C=O) groups is 3. The summed E-state index contributed by atoms with van der Waals surface area (Å²) in [6, 6.07) is 7.32. The van der Waals surface area contributed by atoms with Gasteiger partial charge in [-0.25, -0.2) is 4.79 Å². The van der Waals surface area contributed by atoms with Crippen LogP contribution >= 0.6 is 23.2 Å². The van der Waals surface area contributed by atoms with Gasteiger partial charge in [0.2, 0.25) is 0 Å². The zero-order valence-electron chi connectivity index (χ0n) is 10.0. The van der Waals surface area contributed by atoms with Crippen LogP contribution in [-0.4, -0.2) is 33.8 Å². The molecule has 1 aromatic rings. The third kappa shape index (κ3) is 2.55. The molecule has 5 nitrogen and oxygen atoms in total. The lowest BCUT2D eigenvalue weighted by molar-refractivity contribution is -0.153. The number of nitrogens with zero attached hydrogens (tertiary/aromatic N) is 1. The highest BCUT2D eigenvalue weighted by atomic mass is 35.5. The molecule has 1 heterocycles. The smallest absolute Gasteiger partial charge is 0.327 e. The molecule has 0 saturated carbocycles. The SMILES string of the molecule is O=C(O)[C@H](Cc1ccccc1)N1C(=O)C(Cl)=C(Cl)C1=O. The van der Waals surface area contributed by atoms with Gasteiger partial charge in [0.1, 0.15) is 16.1 Å². The summed E-state index contributed by atoms with van der Waals surface area (Å²) in [5.74, 6) is -3.07. The zero-order valence-corrected chi connectivity index (χ0v) is 11.6. The largest absolute Gasteiger partial charge is 0.480 e. The van der Waals surface area contributed by atoms with Gasteiger partial charge >= 0.3 is 5.97 Å². The van der Waals surface area contributed by atoms with Crippen molar-refractivity contribution >= 4 is 41.0 Å². The van der Waals surface area contributed by atoms with Crippen LogP contribution in [0.3, 0.4) is 0 Å². The Balaban J connectivity index is 2.30. The summed E-state index contributed by atoms with van der Waals surface area (Å²) >= 11 is 11.2. The van der Waals surface area contributed by atoms with Crippen LogP contribution in [0.25, 0.3) is 0 Å². The van der Waals surface area contributed by atoms with E-state index in [2.05, 4.69) is 0 Å². The van der Waals surface area contributed by atoms with Gasteiger partial charge in [-0.3, -0.25) is 14.5 Å². The summed E-state index contributed by atoms with van der Waals surface area (Å²) in [6.45, 7) is 0. The molecule has 0 aliphatic carbocycles. The fourth-order valence-electron chi connectivity index (χ4n) is 1.90. The highest BCUT2D eigenvalue weighted by Gasteiger charge is 2.43. The van der Waals surface area contributed by atoms with E-state index in [1.807, 2.05) is 0 Å². The molecular formula is C13H9Cl2NO4. The van der Waals surface area contributed by atoms with Crippen molar-refractivity contribution in [2.24, 2.45) is 0 Å². The molecule has 20 heavy (non-hydrogen) atoms. The number of hydrogen-bond acceptors (Lipinski definition) is 3. The predicted octanol–water partition coefficient (Wildman–Crippen LogP) is 1.74.